The van der Waals surface area contributed by atoms with Gasteiger partial charge in [-0.1, -0.05) is 0 Å². The molecule has 0 amide bonds. The molecule has 36 heavy (non-hydrogen) atoms. The lowest BCUT2D eigenvalue weighted by molar-refractivity contribution is 0.0985. The third kappa shape index (κ3) is 4.04. The number of ether oxygens (including phenoxy) is 1. The number of fused-ring (bicyclic) bond motifs is 1. The minimum atomic E-state index is -0.318. The number of piperidine rings is 1. The highest BCUT2D eigenvalue weighted by molar-refractivity contribution is 5.77. The number of aromatic nitrogens is 6. The second-order valence-corrected chi connectivity index (χ2v) is 9.75. The first-order valence-electron chi connectivity index (χ1n) is 12.6. The number of rotatable bonds is 4. The first kappa shape index (κ1) is 23.1. The van der Waals surface area contributed by atoms with Gasteiger partial charge >= 0.3 is 0 Å². The Balaban J connectivity index is 1.51. The van der Waals surface area contributed by atoms with Crippen LogP contribution < -0.4 is 10.2 Å². The number of benzene rings is 1. The van der Waals surface area contributed by atoms with Gasteiger partial charge in [-0.2, -0.15) is 10.1 Å². The van der Waals surface area contributed by atoms with Crippen LogP contribution in [-0.4, -0.2) is 68.2 Å². The molecule has 0 unspecified atom stereocenters. The molecule has 0 radical (unpaired) electrons. The average Bonchev–Trinajstić information content (AvgIpc) is 3.44. The van der Waals surface area contributed by atoms with Crippen molar-refractivity contribution in [2.45, 2.75) is 45.7 Å². The molecule has 1 atom stereocenters. The zero-order valence-electron chi connectivity index (χ0n) is 20.9. The number of halogens is 1. The molecule has 2 saturated heterocycles. The van der Waals surface area contributed by atoms with E-state index >= 15 is 0 Å². The Kier molecular flexibility index (Phi) is 5.93. The van der Waals surface area contributed by atoms with Crippen LogP contribution >= 0.6 is 0 Å². The Morgan fingerprint density at radius 2 is 1.94 bits per heavy atom. The number of hydrogen-bond donors (Lipinski definition) is 1. The minimum Gasteiger partial charge on any atom is -0.377 e. The summed E-state index contributed by atoms with van der Waals surface area (Å²) in [5.41, 5.74) is 5.25. The van der Waals surface area contributed by atoms with Crippen LogP contribution in [0.1, 0.15) is 37.2 Å². The van der Waals surface area contributed by atoms with Gasteiger partial charge in [-0.25, -0.2) is 14.4 Å². The number of imidazole rings is 1. The van der Waals surface area contributed by atoms with Gasteiger partial charge in [-0.3, -0.25) is 9.25 Å². The summed E-state index contributed by atoms with van der Waals surface area (Å²) in [6.45, 7) is 10.4. The van der Waals surface area contributed by atoms with Crippen LogP contribution in [0.4, 0.5) is 10.2 Å². The lowest BCUT2D eigenvalue weighted by Crippen LogP contribution is -2.44. The first-order chi connectivity index (χ1) is 17.5. The summed E-state index contributed by atoms with van der Waals surface area (Å²) in [6, 6.07) is 7.21. The van der Waals surface area contributed by atoms with Crippen molar-refractivity contribution in [3.63, 3.8) is 0 Å². The maximum absolute atomic E-state index is 13.8. The average molecular weight is 491 g/mol. The van der Waals surface area contributed by atoms with Crippen LogP contribution in [0.25, 0.3) is 28.2 Å². The minimum absolute atomic E-state index is 0.183. The Hall–Kier alpha value is -3.37. The molecule has 2 aliphatic heterocycles. The van der Waals surface area contributed by atoms with E-state index in [1.165, 1.54) is 12.1 Å². The second kappa shape index (κ2) is 9.25. The van der Waals surface area contributed by atoms with Crippen molar-refractivity contribution in [3.05, 3.63) is 47.8 Å². The molecule has 188 valence electrons. The van der Waals surface area contributed by atoms with E-state index < -0.39 is 0 Å². The predicted molar refractivity (Wildman–Crippen MR) is 136 cm³/mol. The van der Waals surface area contributed by atoms with Crippen molar-refractivity contribution in [2.24, 2.45) is 0 Å². The number of nitrogens with zero attached hydrogens (tertiary/aromatic N) is 7. The third-order valence-corrected chi connectivity index (χ3v) is 7.32. The van der Waals surface area contributed by atoms with E-state index in [9.17, 15) is 4.39 Å². The highest BCUT2D eigenvalue weighted by Gasteiger charge is 2.26. The number of nitrogens with one attached hydrogen (secondary N) is 1. The maximum atomic E-state index is 13.8. The van der Waals surface area contributed by atoms with E-state index in [0.29, 0.717) is 30.7 Å². The van der Waals surface area contributed by atoms with Gasteiger partial charge < -0.3 is 15.0 Å². The Labute approximate surface area is 209 Å². The highest BCUT2D eigenvalue weighted by atomic mass is 19.1. The smallest absolute Gasteiger partial charge is 0.237 e. The molecule has 1 N–H and O–H groups in total. The van der Waals surface area contributed by atoms with Crippen molar-refractivity contribution in [1.82, 2.24) is 34.6 Å². The summed E-state index contributed by atoms with van der Waals surface area (Å²) in [6.07, 6.45) is 3.78. The predicted octanol–water partition coefficient (Wildman–Crippen LogP) is 3.58. The van der Waals surface area contributed by atoms with Gasteiger partial charge in [0.05, 0.1) is 47.7 Å². The standard InChI is InChI=1S/C26H31FN8O/c1-16-14-36-11-10-33(16)24-13-22(25-17(2)32-35(18(25)3)20-6-8-28-9-7-20)30-26(31-24)34-15-29-21-12-19(27)4-5-23(21)34/h4-5,12-13,15-16,20,28H,6-11,14H2,1-3H3/t16-/m1/s1. The molecular weight excluding hydrogens is 459 g/mol. The van der Waals surface area contributed by atoms with Crippen molar-refractivity contribution < 1.29 is 9.13 Å². The van der Waals surface area contributed by atoms with Gasteiger partial charge in [-0.15, -0.1) is 0 Å². The number of anilines is 1. The number of aryl methyl sites for hydroxylation is 1. The van der Waals surface area contributed by atoms with Crippen LogP contribution in [0.15, 0.2) is 30.6 Å². The number of hydrogen-bond acceptors (Lipinski definition) is 7. The largest absolute Gasteiger partial charge is 0.377 e. The van der Waals surface area contributed by atoms with E-state index in [2.05, 4.69) is 39.8 Å². The summed E-state index contributed by atoms with van der Waals surface area (Å²) in [5, 5.41) is 8.39. The molecule has 6 rings (SSSR count). The SMILES string of the molecule is Cc1nn(C2CCNCC2)c(C)c1-c1cc(N2CCOC[C@H]2C)nc(-n2cnc3cc(F)ccc32)n1. The summed E-state index contributed by atoms with van der Waals surface area (Å²) in [4.78, 5) is 16.6. The van der Waals surface area contributed by atoms with E-state index in [1.807, 2.05) is 11.5 Å². The van der Waals surface area contributed by atoms with Crippen LogP contribution in [0.3, 0.4) is 0 Å². The molecule has 2 fully saturated rings. The fourth-order valence-electron chi connectivity index (χ4n) is 5.46. The van der Waals surface area contributed by atoms with E-state index in [1.54, 1.807) is 12.4 Å². The molecule has 0 saturated carbocycles. The molecule has 9 nitrogen and oxygen atoms in total. The topological polar surface area (TPSA) is 85.9 Å². The second-order valence-electron chi connectivity index (χ2n) is 9.75. The fraction of sp³-hybridized carbons (Fsp3) is 0.462. The van der Waals surface area contributed by atoms with Gasteiger partial charge in [0.1, 0.15) is 18.0 Å². The molecule has 2 aliphatic rings. The van der Waals surface area contributed by atoms with E-state index in [0.717, 1.165) is 66.5 Å². The third-order valence-electron chi connectivity index (χ3n) is 7.32. The van der Waals surface area contributed by atoms with Crippen molar-refractivity contribution in [1.29, 1.82) is 0 Å². The lowest BCUT2D eigenvalue weighted by Gasteiger charge is -2.34. The molecule has 4 aromatic rings. The van der Waals surface area contributed by atoms with Crippen LogP contribution in [-0.2, 0) is 4.74 Å². The van der Waals surface area contributed by atoms with Gasteiger partial charge in [0, 0.05) is 29.9 Å². The highest BCUT2D eigenvalue weighted by Crippen LogP contribution is 2.33. The fourth-order valence-corrected chi connectivity index (χ4v) is 5.46. The van der Waals surface area contributed by atoms with Gasteiger partial charge in [0.15, 0.2) is 0 Å². The Morgan fingerprint density at radius 3 is 2.75 bits per heavy atom. The molecule has 0 aliphatic carbocycles. The van der Waals surface area contributed by atoms with Crippen LogP contribution in [0.2, 0.25) is 0 Å². The van der Waals surface area contributed by atoms with Crippen molar-refractivity contribution >= 4 is 16.9 Å². The molecule has 0 bridgehead atoms. The van der Waals surface area contributed by atoms with Gasteiger partial charge in [-0.05, 0) is 58.8 Å². The first-order valence-corrected chi connectivity index (χ1v) is 12.6. The van der Waals surface area contributed by atoms with Crippen LogP contribution in [0.5, 0.6) is 0 Å². The molecule has 0 spiro atoms. The zero-order valence-corrected chi connectivity index (χ0v) is 20.9. The summed E-state index contributed by atoms with van der Waals surface area (Å²) < 4.78 is 23.5. The summed E-state index contributed by atoms with van der Waals surface area (Å²) in [7, 11) is 0. The van der Waals surface area contributed by atoms with Crippen molar-refractivity contribution in [3.8, 4) is 17.2 Å². The van der Waals surface area contributed by atoms with Gasteiger partial charge in [0.2, 0.25) is 5.95 Å². The summed E-state index contributed by atoms with van der Waals surface area (Å²) in [5.74, 6) is 1.02. The molecule has 10 heteroatoms. The van der Waals surface area contributed by atoms with Crippen molar-refractivity contribution in [2.75, 3.05) is 37.7 Å². The summed E-state index contributed by atoms with van der Waals surface area (Å²) >= 11 is 0. The molecular formula is C26H31FN8O. The maximum Gasteiger partial charge on any atom is 0.237 e. The molecule has 3 aromatic heterocycles. The quantitative estimate of drug-likeness (QED) is 0.468. The Morgan fingerprint density at radius 1 is 1.11 bits per heavy atom. The Bertz CT molecular complexity index is 1410. The van der Waals surface area contributed by atoms with Gasteiger partial charge in [0.25, 0.3) is 0 Å². The normalized spacial score (nSPS) is 19.3. The van der Waals surface area contributed by atoms with Crippen LogP contribution in [0, 0.1) is 19.7 Å². The number of morpholine rings is 1. The zero-order chi connectivity index (χ0) is 24.8. The van der Waals surface area contributed by atoms with E-state index in [-0.39, 0.29) is 11.9 Å². The molecule has 1 aromatic carbocycles. The molecule has 5 heterocycles. The van der Waals surface area contributed by atoms with E-state index in [4.69, 9.17) is 19.8 Å². The monoisotopic (exact) mass is 490 g/mol. The lowest BCUT2D eigenvalue weighted by atomic mass is 10.1.